The molecule has 0 aromatic heterocycles. The largest absolute Gasteiger partial charge is 0.332 e. The highest BCUT2D eigenvalue weighted by Crippen LogP contribution is 2.56. The first kappa shape index (κ1) is 22.1. The predicted octanol–water partition coefficient (Wildman–Crippen LogP) is 5.70. The summed E-state index contributed by atoms with van der Waals surface area (Å²) in [6.07, 6.45) is 6.81. The zero-order chi connectivity index (χ0) is 22.5. The Kier molecular flexibility index (Phi) is 5.73. The molecular weight excluding hydrogens is 462 g/mol. The zero-order valence-electron chi connectivity index (χ0n) is 18.0. The molecule has 170 valence electrons. The Bertz CT molecular complexity index is 1110. The van der Waals surface area contributed by atoms with Crippen LogP contribution in [0.2, 0.25) is 5.02 Å². The van der Waals surface area contributed by atoms with Crippen molar-refractivity contribution in [2.45, 2.75) is 55.9 Å². The van der Waals surface area contributed by atoms with Gasteiger partial charge >= 0.3 is 0 Å². The minimum atomic E-state index is -3.57. The highest BCUT2D eigenvalue weighted by Gasteiger charge is 2.52. The SMILES string of the molecule is Cc1c(Cl)cccc1NC(=S)Nc1ccc(S(=O)(=O)NC23CC4CC(CC(C4)C2)C3)cc1. The quantitative estimate of drug-likeness (QED) is 0.469. The summed E-state index contributed by atoms with van der Waals surface area (Å²) < 4.78 is 29.5. The summed E-state index contributed by atoms with van der Waals surface area (Å²) in [5, 5.41) is 7.32. The molecule has 0 spiro atoms. The van der Waals surface area contributed by atoms with Gasteiger partial charge in [-0.2, -0.15) is 0 Å². The summed E-state index contributed by atoms with van der Waals surface area (Å²) in [6.45, 7) is 1.92. The Balaban J connectivity index is 1.25. The standard InChI is InChI=1S/C24H28ClN3O2S2/c1-15-21(25)3-2-4-22(15)27-23(31)26-19-5-7-20(8-6-19)32(29,30)28-24-12-16-9-17(13-24)11-18(10-16)14-24/h2-8,16-18,28H,9-14H2,1H3,(H2,26,27,31). The van der Waals surface area contributed by atoms with E-state index in [9.17, 15) is 8.42 Å². The maximum Gasteiger partial charge on any atom is 0.241 e. The fourth-order valence-corrected chi connectivity index (χ4v) is 8.16. The van der Waals surface area contributed by atoms with Gasteiger partial charge in [-0.05, 0) is 117 Å². The number of nitrogens with one attached hydrogen (secondary N) is 3. The van der Waals surface area contributed by atoms with E-state index in [0.29, 0.717) is 32.8 Å². The normalized spacial score (nSPS) is 28.5. The Morgan fingerprint density at radius 2 is 1.56 bits per heavy atom. The van der Waals surface area contributed by atoms with Crippen LogP contribution in [0.15, 0.2) is 47.4 Å². The number of anilines is 2. The summed E-state index contributed by atoms with van der Waals surface area (Å²) >= 11 is 11.6. The number of thiocarbonyl (C=S) groups is 1. The summed E-state index contributed by atoms with van der Waals surface area (Å²) in [5.41, 5.74) is 2.21. The summed E-state index contributed by atoms with van der Waals surface area (Å²) in [4.78, 5) is 0.295. The lowest BCUT2D eigenvalue weighted by atomic mass is 9.53. The Morgan fingerprint density at radius 1 is 0.969 bits per heavy atom. The van der Waals surface area contributed by atoms with Crippen molar-refractivity contribution >= 4 is 50.3 Å². The lowest BCUT2D eigenvalue weighted by Crippen LogP contribution is -2.59. The topological polar surface area (TPSA) is 70.2 Å². The van der Waals surface area contributed by atoms with Crippen molar-refractivity contribution in [1.29, 1.82) is 0 Å². The number of sulfonamides is 1. The molecule has 4 bridgehead atoms. The average molecular weight is 490 g/mol. The average Bonchev–Trinajstić information content (AvgIpc) is 2.70. The van der Waals surface area contributed by atoms with Crippen LogP contribution in [-0.2, 0) is 10.0 Å². The molecular formula is C24H28ClN3O2S2. The van der Waals surface area contributed by atoms with Gasteiger partial charge in [-0.3, -0.25) is 0 Å². The van der Waals surface area contributed by atoms with Crippen LogP contribution in [0.5, 0.6) is 0 Å². The summed E-state index contributed by atoms with van der Waals surface area (Å²) in [7, 11) is -3.57. The third kappa shape index (κ3) is 4.40. The number of hydrogen-bond acceptors (Lipinski definition) is 3. The Morgan fingerprint density at radius 3 is 2.16 bits per heavy atom. The van der Waals surface area contributed by atoms with Gasteiger partial charge in [0.1, 0.15) is 0 Å². The number of halogens is 1. The third-order valence-electron chi connectivity index (χ3n) is 7.33. The van der Waals surface area contributed by atoms with E-state index in [2.05, 4.69) is 15.4 Å². The van der Waals surface area contributed by atoms with Gasteiger partial charge in [-0.25, -0.2) is 13.1 Å². The minimum absolute atomic E-state index is 0.245. The molecule has 32 heavy (non-hydrogen) atoms. The van der Waals surface area contributed by atoms with Crippen LogP contribution < -0.4 is 15.4 Å². The van der Waals surface area contributed by atoms with E-state index in [4.69, 9.17) is 23.8 Å². The van der Waals surface area contributed by atoms with Crippen molar-refractivity contribution in [3.05, 3.63) is 53.1 Å². The van der Waals surface area contributed by atoms with Gasteiger partial charge in [0, 0.05) is 21.9 Å². The molecule has 4 aliphatic carbocycles. The van der Waals surface area contributed by atoms with Crippen molar-refractivity contribution < 1.29 is 8.42 Å². The van der Waals surface area contributed by atoms with Gasteiger partial charge in [0.25, 0.3) is 0 Å². The summed E-state index contributed by atoms with van der Waals surface area (Å²) in [5.74, 6) is 2.06. The number of hydrogen-bond donors (Lipinski definition) is 3. The molecule has 0 heterocycles. The molecule has 8 heteroatoms. The first-order valence-electron chi connectivity index (χ1n) is 11.2. The highest BCUT2D eigenvalue weighted by molar-refractivity contribution is 7.89. The molecule has 6 rings (SSSR count). The van der Waals surface area contributed by atoms with E-state index >= 15 is 0 Å². The number of rotatable bonds is 5. The first-order chi connectivity index (χ1) is 15.2. The first-order valence-corrected chi connectivity index (χ1v) is 13.5. The van der Waals surface area contributed by atoms with E-state index in [-0.39, 0.29) is 5.54 Å². The van der Waals surface area contributed by atoms with Crippen molar-refractivity contribution in [2.24, 2.45) is 17.8 Å². The second kappa shape index (κ2) is 8.28. The maximum atomic E-state index is 13.2. The molecule has 4 aliphatic rings. The van der Waals surface area contributed by atoms with Crippen LogP contribution in [0.3, 0.4) is 0 Å². The maximum absolute atomic E-state index is 13.2. The van der Waals surface area contributed by atoms with E-state index in [1.54, 1.807) is 24.3 Å². The minimum Gasteiger partial charge on any atom is -0.332 e. The van der Waals surface area contributed by atoms with E-state index in [0.717, 1.165) is 36.2 Å². The van der Waals surface area contributed by atoms with Gasteiger partial charge in [0.15, 0.2) is 5.11 Å². The molecule has 3 N–H and O–H groups in total. The molecule has 0 aliphatic heterocycles. The van der Waals surface area contributed by atoms with Gasteiger partial charge in [-0.15, -0.1) is 0 Å². The Labute approximate surface area is 200 Å². The molecule has 5 nitrogen and oxygen atoms in total. The third-order valence-corrected chi connectivity index (χ3v) is 9.54. The molecule has 0 saturated heterocycles. The second-order valence-electron chi connectivity index (χ2n) is 9.82. The van der Waals surface area contributed by atoms with Gasteiger partial charge in [0.05, 0.1) is 4.90 Å². The predicted molar refractivity (Wildman–Crippen MR) is 134 cm³/mol. The summed E-state index contributed by atoms with van der Waals surface area (Å²) in [6, 6.07) is 12.4. The molecule has 4 saturated carbocycles. The molecule has 0 radical (unpaired) electrons. The second-order valence-corrected chi connectivity index (χ2v) is 12.3. The van der Waals surface area contributed by atoms with Crippen molar-refractivity contribution in [3.63, 3.8) is 0 Å². The smallest absolute Gasteiger partial charge is 0.241 e. The Hall–Kier alpha value is -1.67. The molecule has 2 aromatic rings. The molecule has 4 fully saturated rings. The molecule has 2 aromatic carbocycles. The molecule has 0 atom stereocenters. The number of benzene rings is 2. The van der Waals surface area contributed by atoms with E-state index in [1.165, 1.54) is 19.3 Å². The molecule has 0 amide bonds. The van der Waals surface area contributed by atoms with E-state index < -0.39 is 10.0 Å². The molecule has 0 unspecified atom stereocenters. The van der Waals surface area contributed by atoms with Crippen LogP contribution in [0, 0.1) is 24.7 Å². The van der Waals surface area contributed by atoms with Gasteiger partial charge in [-0.1, -0.05) is 17.7 Å². The highest BCUT2D eigenvalue weighted by atomic mass is 35.5. The van der Waals surface area contributed by atoms with Gasteiger partial charge < -0.3 is 10.6 Å². The fourth-order valence-electron chi connectivity index (χ4n) is 6.32. The zero-order valence-corrected chi connectivity index (χ0v) is 20.4. The lowest BCUT2D eigenvalue weighted by Gasteiger charge is -2.56. The van der Waals surface area contributed by atoms with Crippen molar-refractivity contribution in [1.82, 2.24) is 4.72 Å². The monoisotopic (exact) mass is 489 g/mol. The van der Waals surface area contributed by atoms with Crippen molar-refractivity contribution in [2.75, 3.05) is 10.6 Å². The van der Waals surface area contributed by atoms with Crippen LogP contribution in [0.25, 0.3) is 0 Å². The lowest BCUT2D eigenvalue weighted by molar-refractivity contribution is -0.00810. The fraction of sp³-hybridized carbons (Fsp3) is 0.458. The van der Waals surface area contributed by atoms with Crippen LogP contribution >= 0.6 is 23.8 Å². The van der Waals surface area contributed by atoms with Crippen LogP contribution in [-0.4, -0.2) is 19.1 Å². The van der Waals surface area contributed by atoms with Gasteiger partial charge in [0.2, 0.25) is 10.0 Å². The van der Waals surface area contributed by atoms with E-state index in [1.807, 2.05) is 25.1 Å². The van der Waals surface area contributed by atoms with Crippen LogP contribution in [0.1, 0.15) is 44.1 Å². The van der Waals surface area contributed by atoms with Crippen molar-refractivity contribution in [3.8, 4) is 0 Å². The van der Waals surface area contributed by atoms with Crippen LogP contribution in [0.4, 0.5) is 11.4 Å².